The molecule has 3 heterocycles. The van der Waals surface area contributed by atoms with Crippen LogP contribution >= 0.6 is 0 Å². The smallest absolute Gasteiger partial charge is 0.163 e. The van der Waals surface area contributed by atoms with Crippen LogP contribution in [-0.4, -0.2) is 61.4 Å². The molecule has 4 aromatic rings. The van der Waals surface area contributed by atoms with Crippen LogP contribution in [0, 0.1) is 0 Å². The number of hydrogen-bond donors (Lipinski definition) is 1. The molecule has 0 radical (unpaired) electrons. The van der Waals surface area contributed by atoms with Gasteiger partial charge in [0.15, 0.2) is 11.5 Å². The molecule has 1 saturated heterocycles. The van der Waals surface area contributed by atoms with Crippen molar-refractivity contribution in [1.29, 1.82) is 0 Å². The van der Waals surface area contributed by atoms with E-state index in [0.29, 0.717) is 18.1 Å². The fourth-order valence-corrected chi connectivity index (χ4v) is 4.13. The van der Waals surface area contributed by atoms with E-state index in [1.807, 2.05) is 54.6 Å². The number of nitrogens with one attached hydrogen (secondary N) is 1. The Morgan fingerprint density at radius 2 is 1.69 bits per heavy atom. The first-order valence-electron chi connectivity index (χ1n) is 12.1. The third-order valence-electron chi connectivity index (χ3n) is 6.03. The van der Waals surface area contributed by atoms with Gasteiger partial charge in [0.1, 0.15) is 11.5 Å². The van der Waals surface area contributed by atoms with Crippen molar-refractivity contribution >= 4 is 22.3 Å². The first kappa shape index (κ1) is 23.8. The summed E-state index contributed by atoms with van der Waals surface area (Å²) in [4.78, 5) is 11.0. The van der Waals surface area contributed by atoms with Crippen molar-refractivity contribution in [3.8, 4) is 23.0 Å². The van der Waals surface area contributed by atoms with Gasteiger partial charge >= 0.3 is 0 Å². The highest BCUT2D eigenvalue weighted by Gasteiger charge is 2.13. The Balaban J connectivity index is 1.25. The van der Waals surface area contributed by atoms with E-state index in [-0.39, 0.29) is 0 Å². The minimum Gasteiger partial charge on any atom is -0.493 e. The fraction of sp³-hybridized carbons (Fsp3) is 0.286. The summed E-state index contributed by atoms with van der Waals surface area (Å²) in [5, 5.41) is 4.43. The van der Waals surface area contributed by atoms with Crippen molar-refractivity contribution in [3.63, 3.8) is 0 Å². The molecule has 1 aliphatic rings. The van der Waals surface area contributed by atoms with Crippen LogP contribution in [0.15, 0.2) is 73.2 Å². The second-order valence-corrected chi connectivity index (χ2v) is 8.47. The molecular formula is C28H30N4O4. The van der Waals surface area contributed by atoms with E-state index in [1.54, 1.807) is 25.7 Å². The number of anilines is 2. The summed E-state index contributed by atoms with van der Waals surface area (Å²) in [6.07, 6.45) is 6.14. The predicted octanol–water partition coefficient (Wildman–Crippen LogP) is 5.28. The Morgan fingerprint density at radius 1 is 0.917 bits per heavy atom. The average molecular weight is 487 g/mol. The number of aromatic nitrogens is 2. The molecular weight excluding hydrogens is 456 g/mol. The van der Waals surface area contributed by atoms with Gasteiger partial charge in [-0.3, -0.25) is 14.9 Å². The molecule has 0 amide bonds. The van der Waals surface area contributed by atoms with Gasteiger partial charge < -0.3 is 24.3 Å². The van der Waals surface area contributed by atoms with Gasteiger partial charge in [-0.05, 0) is 55.0 Å². The summed E-state index contributed by atoms with van der Waals surface area (Å²) in [7, 11) is 1.66. The van der Waals surface area contributed by atoms with Crippen LogP contribution in [0.25, 0.3) is 10.9 Å². The summed E-state index contributed by atoms with van der Waals surface area (Å²) in [6.45, 7) is 5.21. The van der Waals surface area contributed by atoms with E-state index in [4.69, 9.17) is 18.9 Å². The van der Waals surface area contributed by atoms with E-state index in [0.717, 1.165) is 73.0 Å². The lowest BCUT2D eigenvalue weighted by atomic mass is 10.1. The van der Waals surface area contributed by atoms with E-state index >= 15 is 0 Å². The van der Waals surface area contributed by atoms with Crippen LogP contribution in [0.1, 0.15) is 6.42 Å². The molecule has 8 heteroatoms. The van der Waals surface area contributed by atoms with Crippen LogP contribution in [-0.2, 0) is 4.74 Å². The summed E-state index contributed by atoms with van der Waals surface area (Å²) >= 11 is 0. The zero-order chi connectivity index (χ0) is 24.6. The second kappa shape index (κ2) is 11.7. The second-order valence-electron chi connectivity index (χ2n) is 8.47. The summed E-state index contributed by atoms with van der Waals surface area (Å²) in [5.41, 5.74) is 2.70. The molecule has 0 atom stereocenters. The van der Waals surface area contributed by atoms with Gasteiger partial charge in [-0.15, -0.1) is 0 Å². The predicted molar refractivity (Wildman–Crippen MR) is 140 cm³/mol. The van der Waals surface area contributed by atoms with E-state index in [2.05, 4.69) is 20.2 Å². The number of pyridine rings is 2. The monoisotopic (exact) mass is 486 g/mol. The Morgan fingerprint density at radius 3 is 2.47 bits per heavy atom. The van der Waals surface area contributed by atoms with E-state index in [9.17, 15) is 0 Å². The van der Waals surface area contributed by atoms with Crippen molar-refractivity contribution in [3.05, 3.63) is 73.2 Å². The van der Waals surface area contributed by atoms with Crippen molar-refractivity contribution in [2.75, 3.05) is 51.9 Å². The minimum atomic E-state index is 0.616. The lowest BCUT2D eigenvalue weighted by Crippen LogP contribution is -2.37. The normalized spacial score (nSPS) is 13.9. The highest BCUT2D eigenvalue weighted by molar-refractivity contribution is 5.95. The quantitative estimate of drug-likeness (QED) is 0.304. The van der Waals surface area contributed by atoms with Crippen LogP contribution in [0.4, 0.5) is 11.4 Å². The maximum atomic E-state index is 6.09. The van der Waals surface area contributed by atoms with Crippen LogP contribution < -0.4 is 19.5 Å². The Bertz CT molecular complexity index is 1260. The number of hydrogen-bond acceptors (Lipinski definition) is 8. The van der Waals surface area contributed by atoms with Crippen molar-refractivity contribution in [1.82, 2.24) is 14.9 Å². The van der Waals surface area contributed by atoms with Crippen molar-refractivity contribution in [2.24, 2.45) is 0 Å². The molecule has 5 rings (SSSR count). The van der Waals surface area contributed by atoms with Gasteiger partial charge in [0.25, 0.3) is 0 Å². The summed E-state index contributed by atoms with van der Waals surface area (Å²) in [6, 6.07) is 17.3. The minimum absolute atomic E-state index is 0.616. The molecule has 0 aliphatic carbocycles. The standard InChI is InChI=1S/C28H30N4O4/c1-33-27-19-24-25(31-21-3-5-22(6-4-21)36-23-7-10-29-11-8-23)9-12-30-26(24)20-28(27)35-16-2-13-32-14-17-34-18-15-32/h3-12,19-20H,2,13-18H2,1H3,(H,30,31). The first-order valence-corrected chi connectivity index (χ1v) is 12.1. The van der Waals surface area contributed by atoms with Crippen molar-refractivity contribution in [2.45, 2.75) is 6.42 Å². The maximum absolute atomic E-state index is 6.09. The molecule has 1 fully saturated rings. The van der Waals surface area contributed by atoms with Crippen LogP contribution in [0.3, 0.4) is 0 Å². The van der Waals surface area contributed by atoms with E-state index in [1.165, 1.54) is 0 Å². The highest BCUT2D eigenvalue weighted by atomic mass is 16.5. The Hall–Kier alpha value is -3.88. The summed E-state index contributed by atoms with van der Waals surface area (Å²) < 4.78 is 23.0. The molecule has 1 N–H and O–H groups in total. The molecule has 0 bridgehead atoms. The number of rotatable bonds is 10. The Kier molecular flexibility index (Phi) is 7.75. The van der Waals surface area contributed by atoms with Crippen molar-refractivity contribution < 1.29 is 18.9 Å². The first-order chi connectivity index (χ1) is 17.8. The third kappa shape index (κ3) is 6.02. The molecule has 1 aliphatic heterocycles. The SMILES string of the molecule is COc1cc2c(Nc3ccc(Oc4ccncc4)cc3)ccnc2cc1OCCCN1CCOCC1. The lowest BCUT2D eigenvalue weighted by Gasteiger charge is -2.26. The van der Waals surface area contributed by atoms with Gasteiger partial charge in [-0.1, -0.05) is 0 Å². The molecule has 8 nitrogen and oxygen atoms in total. The molecule has 0 spiro atoms. The van der Waals surface area contributed by atoms with E-state index < -0.39 is 0 Å². The topological polar surface area (TPSA) is 78.0 Å². The number of morpholine rings is 1. The van der Waals surface area contributed by atoms with Gasteiger partial charge in [-0.25, -0.2) is 0 Å². The van der Waals surface area contributed by atoms with Gasteiger partial charge in [0.05, 0.1) is 32.4 Å². The fourth-order valence-electron chi connectivity index (χ4n) is 4.13. The molecule has 186 valence electrons. The van der Waals surface area contributed by atoms with Crippen LogP contribution in [0.2, 0.25) is 0 Å². The number of fused-ring (bicyclic) bond motifs is 1. The number of benzene rings is 2. The zero-order valence-corrected chi connectivity index (χ0v) is 20.4. The average Bonchev–Trinajstić information content (AvgIpc) is 2.93. The summed E-state index contributed by atoms with van der Waals surface area (Å²) in [5.74, 6) is 2.89. The molecule has 2 aromatic heterocycles. The molecule has 0 unspecified atom stereocenters. The number of ether oxygens (including phenoxy) is 4. The molecule has 2 aromatic carbocycles. The van der Waals surface area contributed by atoms with Gasteiger partial charge in [0.2, 0.25) is 0 Å². The number of methoxy groups -OCH3 is 1. The lowest BCUT2D eigenvalue weighted by molar-refractivity contribution is 0.0357. The van der Waals surface area contributed by atoms with Gasteiger partial charge in [-0.2, -0.15) is 0 Å². The molecule has 0 saturated carbocycles. The maximum Gasteiger partial charge on any atom is 0.163 e. The highest BCUT2D eigenvalue weighted by Crippen LogP contribution is 2.36. The third-order valence-corrected chi connectivity index (χ3v) is 6.03. The number of nitrogens with zero attached hydrogens (tertiary/aromatic N) is 3. The largest absolute Gasteiger partial charge is 0.493 e. The van der Waals surface area contributed by atoms with Crippen LogP contribution in [0.5, 0.6) is 23.0 Å². The molecule has 36 heavy (non-hydrogen) atoms. The Labute approximate surface area is 210 Å². The zero-order valence-electron chi connectivity index (χ0n) is 20.4. The van der Waals surface area contributed by atoms with Gasteiger partial charge in [0, 0.05) is 61.1 Å².